The number of ether oxygens (including phenoxy) is 3. The van der Waals surface area contributed by atoms with E-state index in [9.17, 15) is 14.4 Å². The maximum atomic E-state index is 10.2. The van der Waals surface area contributed by atoms with E-state index in [2.05, 4.69) is 14.2 Å². The summed E-state index contributed by atoms with van der Waals surface area (Å²) < 4.78 is 13.4. The van der Waals surface area contributed by atoms with Crippen molar-refractivity contribution >= 4 is 17.9 Å². The molecule has 0 bridgehead atoms. The molecule has 102 valence electrons. The molecule has 6 heteroatoms. The SMILES string of the molecule is O=C1CCCCO1.O=C1CCCO1.O=C1CCO1. The molecular weight excluding hydrogens is 240 g/mol. The Morgan fingerprint density at radius 3 is 1.17 bits per heavy atom. The van der Waals surface area contributed by atoms with E-state index in [1.54, 1.807) is 0 Å². The minimum Gasteiger partial charge on any atom is -0.466 e. The van der Waals surface area contributed by atoms with Gasteiger partial charge in [0.25, 0.3) is 0 Å². The highest BCUT2D eigenvalue weighted by Crippen LogP contribution is 2.04. The van der Waals surface area contributed by atoms with E-state index in [1.165, 1.54) is 0 Å². The number of carbonyl (C=O) groups is 3. The first-order valence-corrected chi connectivity index (χ1v) is 6.15. The number of hydrogen-bond acceptors (Lipinski definition) is 6. The van der Waals surface area contributed by atoms with Crippen molar-refractivity contribution in [2.24, 2.45) is 0 Å². The molecule has 0 unspecified atom stereocenters. The van der Waals surface area contributed by atoms with E-state index < -0.39 is 0 Å². The van der Waals surface area contributed by atoms with Crippen molar-refractivity contribution < 1.29 is 28.6 Å². The standard InChI is InChI=1S/C5H8O2.C4H6O2.C3H4O2/c6-5-3-1-2-4-7-5;5-4-2-1-3-6-4;4-3-1-2-5-3/h1-4H2;1-3H2;1-2H2. The van der Waals surface area contributed by atoms with Gasteiger partial charge in [0.05, 0.1) is 19.6 Å². The fourth-order valence-electron chi connectivity index (χ4n) is 1.29. The smallest absolute Gasteiger partial charge is 0.309 e. The largest absolute Gasteiger partial charge is 0.466 e. The van der Waals surface area contributed by atoms with Gasteiger partial charge in [-0.05, 0) is 19.3 Å². The molecule has 3 aliphatic rings. The predicted octanol–water partition coefficient (Wildman–Crippen LogP) is 0.970. The van der Waals surface area contributed by atoms with E-state index in [1.807, 2.05) is 0 Å². The Morgan fingerprint density at radius 1 is 0.556 bits per heavy atom. The number of rotatable bonds is 0. The van der Waals surface area contributed by atoms with Crippen LogP contribution in [0.2, 0.25) is 0 Å². The van der Waals surface area contributed by atoms with Crippen molar-refractivity contribution in [1.29, 1.82) is 0 Å². The summed E-state index contributed by atoms with van der Waals surface area (Å²) >= 11 is 0. The Kier molecular flexibility index (Phi) is 6.83. The van der Waals surface area contributed by atoms with Gasteiger partial charge in [0, 0.05) is 12.8 Å². The molecule has 3 fully saturated rings. The first kappa shape index (κ1) is 14.5. The van der Waals surface area contributed by atoms with E-state index in [0.717, 1.165) is 19.3 Å². The van der Waals surface area contributed by atoms with Crippen LogP contribution >= 0.6 is 0 Å². The molecule has 0 saturated carbocycles. The van der Waals surface area contributed by atoms with Gasteiger partial charge in [-0.3, -0.25) is 14.4 Å². The molecule has 0 radical (unpaired) electrons. The van der Waals surface area contributed by atoms with Gasteiger partial charge < -0.3 is 14.2 Å². The molecule has 0 atom stereocenters. The summed E-state index contributed by atoms with van der Waals surface area (Å²) in [6, 6.07) is 0. The molecule has 0 aromatic carbocycles. The lowest BCUT2D eigenvalue weighted by atomic mass is 10.2. The van der Waals surface area contributed by atoms with Gasteiger partial charge in [0.1, 0.15) is 6.61 Å². The third-order valence-corrected chi connectivity index (χ3v) is 2.40. The quantitative estimate of drug-likeness (QED) is 0.476. The van der Waals surface area contributed by atoms with Crippen LogP contribution in [0.4, 0.5) is 0 Å². The average molecular weight is 258 g/mol. The Morgan fingerprint density at radius 2 is 1.00 bits per heavy atom. The molecule has 0 aromatic rings. The van der Waals surface area contributed by atoms with Crippen LogP contribution in [0, 0.1) is 0 Å². The Labute approximate surface area is 106 Å². The maximum absolute atomic E-state index is 10.2. The molecule has 3 aliphatic heterocycles. The minimum atomic E-state index is -0.0648. The van der Waals surface area contributed by atoms with Crippen LogP contribution in [-0.2, 0) is 28.6 Å². The summed E-state index contributed by atoms with van der Waals surface area (Å²) in [5.41, 5.74) is 0. The summed E-state index contributed by atoms with van der Waals surface area (Å²) in [6.07, 6.45) is 4.85. The molecule has 0 aliphatic carbocycles. The molecule has 3 heterocycles. The van der Waals surface area contributed by atoms with Gasteiger partial charge >= 0.3 is 17.9 Å². The molecule has 3 rings (SSSR count). The van der Waals surface area contributed by atoms with Crippen LogP contribution in [0.5, 0.6) is 0 Å². The number of cyclic esters (lactones) is 3. The van der Waals surface area contributed by atoms with Gasteiger partial charge in [-0.15, -0.1) is 0 Å². The van der Waals surface area contributed by atoms with Gasteiger partial charge in [-0.2, -0.15) is 0 Å². The van der Waals surface area contributed by atoms with Gasteiger partial charge in [-0.1, -0.05) is 0 Å². The van der Waals surface area contributed by atoms with Gasteiger partial charge in [0.2, 0.25) is 0 Å². The van der Waals surface area contributed by atoms with Crippen molar-refractivity contribution in [3.8, 4) is 0 Å². The summed E-state index contributed by atoms with van der Waals surface area (Å²) in [6.45, 7) is 1.91. The lowest BCUT2D eigenvalue weighted by molar-refractivity contribution is -0.157. The lowest BCUT2D eigenvalue weighted by Gasteiger charge is -2.09. The van der Waals surface area contributed by atoms with Crippen molar-refractivity contribution in [3.63, 3.8) is 0 Å². The van der Waals surface area contributed by atoms with Crippen LogP contribution in [0.25, 0.3) is 0 Å². The van der Waals surface area contributed by atoms with E-state index in [0.29, 0.717) is 39.1 Å². The van der Waals surface area contributed by atoms with Crippen LogP contribution in [-0.4, -0.2) is 37.7 Å². The topological polar surface area (TPSA) is 78.9 Å². The van der Waals surface area contributed by atoms with Crippen LogP contribution < -0.4 is 0 Å². The first-order chi connectivity index (χ1) is 8.68. The predicted molar refractivity (Wildman–Crippen MR) is 60.6 cm³/mol. The van der Waals surface area contributed by atoms with Crippen molar-refractivity contribution in [3.05, 3.63) is 0 Å². The second-order valence-corrected chi connectivity index (χ2v) is 3.97. The molecule has 0 N–H and O–H groups in total. The molecule has 0 amide bonds. The van der Waals surface area contributed by atoms with E-state index in [-0.39, 0.29) is 17.9 Å². The zero-order chi connectivity index (χ0) is 13.2. The van der Waals surface area contributed by atoms with Gasteiger partial charge in [0.15, 0.2) is 0 Å². The van der Waals surface area contributed by atoms with Crippen LogP contribution in [0.15, 0.2) is 0 Å². The molecular formula is C12H18O6. The lowest BCUT2D eigenvalue weighted by Crippen LogP contribution is -2.18. The third kappa shape index (κ3) is 6.88. The first-order valence-electron chi connectivity index (χ1n) is 6.15. The highest BCUT2D eigenvalue weighted by Gasteiger charge is 2.11. The van der Waals surface area contributed by atoms with Gasteiger partial charge in [-0.25, -0.2) is 0 Å². The maximum Gasteiger partial charge on any atom is 0.309 e. The van der Waals surface area contributed by atoms with E-state index in [4.69, 9.17) is 0 Å². The monoisotopic (exact) mass is 258 g/mol. The second kappa shape index (κ2) is 8.49. The zero-order valence-electron chi connectivity index (χ0n) is 10.3. The summed E-state index contributed by atoms with van der Waals surface area (Å²) in [5, 5.41) is 0. The second-order valence-electron chi connectivity index (χ2n) is 3.97. The minimum absolute atomic E-state index is 0.0359. The zero-order valence-corrected chi connectivity index (χ0v) is 10.3. The fourth-order valence-corrected chi connectivity index (χ4v) is 1.29. The Balaban J connectivity index is 0.000000137. The molecule has 0 aromatic heterocycles. The van der Waals surface area contributed by atoms with Crippen molar-refractivity contribution in [2.45, 2.75) is 38.5 Å². The van der Waals surface area contributed by atoms with Crippen LogP contribution in [0.3, 0.4) is 0 Å². The van der Waals surface area contributed by atoms with Crippen molar-refractivity contribution in [2.75, 3.05) is 19.8 Å². The number of carbonyl (C=O) groups excluding carboxylic acids is 3. The molecule has 18 heavy (non-hydrogen) atoms. The summed E-state index contributed by atoms with van der Waals surface area (Å²) in [4.78, 5) is 29.9. The average Bonchev–Trinajstić information content (AvgIpc) is 2.80. The van der Waals surface area contributed by atoms with Crippen molar-refractivity contribution in [1.82, 2.24) is 0 Å². The normalized spacial score (nSPS) is 21.0. The molecule has 3 saturated heterocycles. The molecule has 6 nitrogen and oxygen atoms in total. The summed E-state index contributed by atoms with van der Waals surface area (Å²) in [5.74, 6) is -0.147. The highest BCUT2D eigenvalue weighted by molar-refractivity contribution is 5.73. The van der Waals surface area contributed by atoms with E-state index >= 15 is 0 Å². The summed E-state index contributed by atoms with van der Waals surface area (Å²) in [7, 11) is 0. The fraction of sp³-hybridized carbons (Fsp3) is 0.750. The number of esters is 3. The molecule has 0 spiro atoms. The Bertz CT molecular complexity index is 277. The van der Waals surface area contributed by atoms with Crippen LogP contribution in [0.1, 0.15) is 38.5 Å². The third-order valence-electron chi connectivity index (χ3n) is 2.40. The Hall–Kier alpha value is -1.59. The number of hydrogen-bond donors (Lipinski definition) is 0. The highest BCUT2D eigenvalue weighted by atomic mass is 16.6.